The molecule has 0 amide bonds. The van der Waals surface area contributed by atoms with Gasteiger partial charge in [0.05, 0.1) is 4.99 Å². The molecule has 0 spiro atoms. The van der Waals surface area contributed by atoms with Gasteiger partial charge < -0.3 is 10.5 Å². The Morgan fingerprint density at radius 2 is 1.72 bits per heavy atom. The highest BCUT2D eigenvalue weighted by Gasteiger charge is 1.98. The van der Waals surface area contributed by atoms with Crippen LogP contribution in [0.1, 0.15) is 11.1 Å². The summed E-state index contributed by atoms with van der Waals surface area (Å²) in [5.74, 6) is 0.832. The third-order valence-electron chi connectivity index (χ3n) is 2.46. The molecule has 2 N–H and O–H groups in total. The van der Waals surface area contributed by atoms with Crippen molar-refractivity contribution in [2.75, 3.05) is 0 Å². The van der Waals surface area contributed by atoms with Crippen LogP contribution in [0.25, 0.3) is 0 Å². The van der Waals surface area contributed by atoms with Crippen LogP contribution in [0.4, 0.5) is 0 Å². The van der Waals surface area contributed by atoms with Gasteiger partial charge in [0.2, 0.25) is 0 Å². The second kappa shape index (κ2) is 6.12. The SMILES string of the molecule is NC(=S)Cc1ccc(OCc2ccncc2)cc1. The van der Waals surface area contributed by atoms with Crippen LogP contribution in [-0.2, 0) is 13.0 Å². The van der Waals surface area contributed by atoms with Gasteiger partial charge in [-0.25, -0.2) is 0 Å². The Morgan fingerprint density at radius 1 is 1.06 bits per heavy atom. The molecule has 0 bridgehead atoms. The predicted octanol–water partition coefficient (Wildman–Crippen LogP) is 2.49. The van der Waals surface area contributed by atoms with E-state index in [0.717, 1.165) is 16.9 Å². The van der Waals surface area contributed by atoms with Crippen LogP contribution in [0.2, 0.25) is 0 Å². The smallest absolute Gasteiger partial charge is 0.119 e. The summed E-state index contributed by atoms with van der Waals surface area (Å²) >= 11 is 4.87. The molecule has 0 aliphatic rings. The van der Waals surface area contributed by atoms with Crippen LogP contribution in [0.5, 0.6) is 5.75 Å². The normalized spacial score (nSPS) is 10.0. The molecule has 0 fully saturated rings. The van der Waals surface area contributed by atoms with Crippen molar-refractivity contribution >= 4 is 17.2 Å². The summed E-state index contributed by atoms with van der Waals surface area (Å²) in [6, 6.07) is 11.7. The summed E-state index contributed by atoms with van der Waals surface area (Å²) in [5, 5.41) is 0. The Morgan fingerprint density at radius 3 is 2.33 bits per heavy atom. The van der Waals surface area contributed by atoms with Gasteiger partial charge in [-0.3, -0.25) is 4.98 Å². The average Bonchev–Trinajstić information content (AvgIpc) is 2.38. The molecule has 2 rings (SSSR count). The number of nitrogens with zero attached hydrogens (tertiary/aromatic N) is 1. The van der Waals surface area contributed by atoms with Crippen LogP contribution in [0, 0.1) is 0 Å². The van der Waals surface area contributed by atoms with E-state index in [0.29, 0.717) is 18.0 Å². The van der Waals surface area contributed by atoms with E-state index in [9.17, 15) is 0 Å². The van der Waals surface area contributed by atoms with Crippen molar-refractivity contribution in [1.82, 2.24) is 4.98 Å². The van der Waals surface area contributed by atoms with Gasteiger partial charge in [0.25, 0.3) is 0 Å². The third-order valence-corrected chi connectivity index (χ3v) is 2.60. The molecule has 4 heteroatoms. The largest absolute Gasteiger partial charge is 0.489 e. The number of aromatic nitrogens is 1. The quantitative estimate of drug-likeness (QED) is 0.837. The molecule has 92 valence electrons. The molecule has 3 nitrogen and oxygen atoms in total. The Bertz CT molecular complexity index is 511. The number of pyridine rings is 1. The molecular formula is C14H14N2OS. The molecule has 0 atom stereocenters. The van der Waals surface area contributed by atoms with Crippen LogP contribution < -0.4 is 10.5 Å². The summed E-state index contributed by atoms with van der Waals surface area (Å²) in [7, 11) is 0. The number of nitrogens with two attached hydrogens (primary N) is 1. The van der Waals surface area contributed by atoms with Crippen molar-refractivity contribution in [2.24, 2.45) is 5.73 Å². The van der Waals surface area contributed by atoms with E-state index >= 15 is 0 Å². The zero-order valence-corrected chi connectivity index (χ0v) is 10.7. The minimum atomic E-state index is 0.500. The lowest BCUT2D eigenvalue weighted by molar-refractivity contribution is 0.306. The first-order chi connectivity index (χ1) is 8.74. The van der Waals surface area contributed by atoms with Gasteiger partial charge in [0.1, 0.15) is 12.4 Å². The zero-order valence-electron chi connectivity index (χ0n) is 9.87. The van der Waals surface area contributed by atoms with E-state index in [2.05, 4.69) is 4.98 Å². The highest BCUT2D eigenvalue weighted by atomic mass is 32.1. The fraction of sp³-hybridized carbons (Fsp3) is 0.143. The lowest BCUT2D eigenvalue weighted by Crippen LogP contribution is -2.10. The predicted molar refractivity (Wildman–Crippen MR) is 75.5 cm³/mol. The van der Waals surface area contributed by atoms with Gasteiger partial charge in [-0.2, -0.15) is 0 Å². The first kappa shape index (κ1) is 12.5. The van der Waals surface area contributed by atoms with Gasteiger partial charge in [0, 0.05) is 18.8 Å². The molecule has 1 heterocycles. The number of thiocarbonyl (C=S) groups is 1. The molecule has 18 heavy (non-hydrogen) atoms. The van der Waals surface area contributed by atoms with Crippen LogP contribution in [-0.4, -0.2) is 9.97 Å². The van der Waals surface area contributed by atoms with E-state index in [-0.39, 0.29) is 0 Å². The van der Waals surface area contributed by atoms with Gasteiger partial charge in [-0.15, -0.1) is 0 Å². The maximum Gasteiger partial charge on any atom is 0.119 e. The summed E-state index contributed by atoms with van der Waals surface area (Å²) < 4.78 is 5.66. The second-order valence-electron chi connectivity index (χ2n) is 3.93. The summed E-state index contributed by atoms with van der Waals surface area (Å²) in [6.07, 6.45) is 4.13. The van der Waals surface area contributed by atoms with E-state index < -0.39 is 0 Å². The number of hydrogen-bond donors (Lipinski definition) is 1. The van der Waals surface area contributed by atoms with Gasteiger partial charge in [0.15, 0.2) is 0 Å². The second-order valence-corrected chi connectivity index (χ2v) is 4.46. The van der Waals surface area contributed by atoms with Crippen molar-refractivity contribution < 1.29 is 4.74 Å². The van der Waals surface area contributed by atoms with Crippen LogP contribution >= 0.6 is 12.2 Å². The summed E-state index contributed by atoms with van der Waals surface area (Å²) in [5.41, 5.74) is 7.68. The van der Waals surface area contributed by atoms with Crippen LogP contribution in [0.3, 0.4) is 0 Å². The topological polar surface area (TPSA) is 48.1 Å². The van der Waals surface area contributed by atoms with Crippen molar-refractivity contribution in [3.05, 3.63) is 59.9 Å². The number of hydrogen-bond acceptors (Lipinski definition) is 3. The summed E-state index contributed by atoms with van der Waals surface area (Å²) in [6.45, 7) is 0.539. The van der Waals surface area contributed by atoms with Crippen LogP contribution in [0.15, 0.2) is 48.8 Å². The molecular weight excluding hydrogens is 244 g/mol. The Hall–Kier alpha value is -1.94. The molecule has 0 unspecified atom stereocenters. The fourth-order valence-electron chi connectivity index (χ4n) is 1.55. The lowest BCUT2D eigenvalue weighted by atomic mass is 10.1. The molecule has 2 aromatic rings. The molecule has 0 saturated heterocycles. The minimum absolute atomic E-state index is 0.500. The maximum absolute atomic E-state index is 5.66. The fourth-order valence-corrected chi connectivity index (χ4v) is 1.72. The maximum atomic E-state index is 5.66. The molecule has 0 radical (unpaired) electrons. The van der Waals surface area contributed by atoms with Crippen molar-refractivity contribution in [3.8, 4) is 5.75 Å². The molecule has 0 aliphatic carbocycles. The Kier molecular flexibility index (Phi) is 4.25. The Balaban J connectivity index is 1.92. The Labute approximate surface area is 112 Å². The minimum Gasteiger partial charge on any atom is -0.489 e. The lowest BCUT2D eigenvalue weighted by Gasteiger charge is -2.07. The highest BCUT2D eigenvalue weighted by molar-refractivity contribution is 7.80. The monoisotopic (exact) mass is 258 g/mol. The molecule has 1 aromatic heterocycles. The third kappa shape index (κ3) is 3.82. The number of ether oxygens (including phenoxy) is 1. The number of benzene rings is 1. The van der Waals surface area contributed by atoms with E-state index in [1.807, 2.05) is 36.4 Å². The standard InChI is InChI=1S/C14H14N2OS/c15-14(18)9-11-1-3-13(4-2-11)17-10-12-5-7-16-8-6-12/h1-8H,9-10H2,(H2,15,18). The zero-order chi connectivity index (χ0) is 12.8. The van der Waals surface area contributed by atoms with E-state index in [1.165, 1.54) is 0 Å². The first-order valence-corrected chi connectivity index (χ1v) is 6.04. The average molecular weight is 258 g/mol. The highest BCUT2D eigenvalue weighted by Crippen LogP contribution is 2.14. The molecule has 1 aromatic carbocycles. The van der Waals surface area contributed by atoms with Crippen molar-refractivity contribution in [3.63, 3.8) is 0 Å². The van der Waals surface area contributed by atoms with Crippen molar-refractivity contribution in [2.45, 2.75) is 13.0 Å². The van der Waals surface area contributed by atoms with Gasteiger partial charge in [-0.1, -0.05) is 24.4 Å². The van der Waals surface area contributed by atoms with E-state index in [1.54, 1.807) is 12.4 Å². The van der Waals surface area contributed by atoms with Crippen molar-refractivity contribution in [1.29, 1.82) is 0 Å². The number of rotatable bonds is 5. The molecule has 0 saturated carbocycles. The summed E-state index contributed by atoms with van der Waals surface area (Å²) in [4.78, 5) is 4.46. The van der Waals surface area contributed by atoms with Gasteiger partial charge >= 0.3 is 0 Å². The van der Waals surface area contributed by atoms with E-state index in [4.69, 9.17) is 22.7 Å². The molecule has 0 aliphatic heterocycles. The van der Waals surface area contributed by atoms with Gasteiger partial charge in [-0.05, 0) is 35.4 Å². The first-order valence-electron chi connectivity index (χ1n) is 5.63.